The Bertz CT molecular complexity index is 728. The average molecular weight is 374 g/mol. The Balaban J connectivity index is 1.74. The van der Waals surface area contributed by atoms with Crippen LogP contribution in [0.25, 0.3) is 0 Å². The molecule has 138 valence electrons. The van der Waals surface area contributed by atoms with E-state index in [4.69, 9.17) is 11.6 Å². The maximum atomic E-state index is 12.0. The summed E-state index contributed by atoms with van der Waals surface area (Å²) in [4.78, 5) is 25.5. The number of carbonyl (C=O) groups is 2. The predicted molar refractivity (Wildman–Crippen MR) is 107 cm³/mol. The van der Waals surface area contributed by atoms with Gasteiger partial charge in [0.25, 0.3) is 0 Å². The van der Waals surface area contributed by atoms with Crippen LogP contribution in [0, 0.1) is 0 Å². The number of likely N-dealkylation sites (N-methyl/N-ethyl adjacent to an activating group) is 1. The summed E-state index contributed by atoms with van der Waals surface area (Å²) in [5.74, 6) is -0.0997. The summed E-state index contributed by atoms with van der Waals surface area (Å²) < 4.78 is 0. The molecule has 0 saturated heterocycles. The zero-order valence-electron chi connectivity index (χ0n) is 15.1. The number of aryl methyl sites for hydroxylation is 1. The van der Waals surface area contributed by atoms with Crippen LogP contribution in [0.2, 0.25) is 5.02 Å². The molecule has 0 aliphatic rings. The van der Waals surface area contributed by atoms with E-state index in [0.29, 0.717) is 29.4 Å². The minimum atomic E-state index is -0.0750. The molecule has 2 rings (SSSR count). The van der Waals surface area contributed by atoms with Gasteiger partial charge < -0.3 is 15.5 Å². The highest BCUT2D eigenvalue weighted by Gasteiger charge is 2.05. The van der Waals surface area contributed by atoms with E-state index in [2.05, 4.69) is 10.6 Å². The highest BCUT2D eigenvalue weighted by molar-refractivity contribution is 6.30. The summed E-state index contributed by atoms with van der Waals surface area (Å²) in [6.07, 6.45) is 2.05. The van der Waals surface area contributed by atoms with Gasteiger partial charge in [-0.3, -0.25) is 9.59 Å². The Labute approximate surface area is 159 Å². The first-order valence-corrected chi connectivity index (χ1v) is 8.89. The van der Waals surface area contributed by atoms with Crippen molar-refractivity contribution < 1.29 is 9.59 Å². The van der Waals surface area contributed by atoms with Gasteiger partial charge in [-0.2, -0.15) is 0 Å². The van der Waals surface area contributed by atoms with Gasteiger partial charge in [-0.1, -0.05) is 23.7 Å². The van der Waals surface area contributed by atoms with E-state index in [1.165, 1.54) is 5.56 Å². The fraction of sp³-hybridized carbons (Fsp3) is 0.300. The molecule has 0 fully saturated rings. The number of anilines is 2. The number of benzene rings is 2. The molecule has 0 spiro atoms. The molecule has 0 unspecified atom stereocenters. The van der Waals surface area contributed by atoms with E-state index < -0.39 is 0 Å². The first-order chi connectivity index (χ1) is 12.4. The maximum absolute atomic E-state index is 12.0. The van der Waals surface area contributed by atoms with Crippen LogP contribution in [-0.4, -0.2) is 37.4 Å². The molecular weight excluding hydrogens is 350 g/mol. The second-order valence-corrected chi connectivity index (χ2v) is 6.83. The predicted octanol–water partition coefficient (Wildman–Crippen LogP) is 3.80. The Morgan fingerprint density at radius 3 is 1.96 bits per heavy atom. The van der Waals surface area contributed by atoms with Gasteiger partial charge in [0.1, 0.15) is 0 Å². The first-order valence-electron chi connectivity index (χ1n) is 8.51. The van der Waals surface area contributed by atoms with Crippen molar-refractivity contribution >= 4 is 34.8 Å². The third-order valence-electron chi connectivity index (χ3n) is 3.69. The molecule has 0 radical (unpaired) electrons. The van der Waals surface area contributed by atoms with Crippen LogP contribution in [0.3, 0.4) is 0 Å². The molecule has 0 heterocycles. The lowest BCUT2D eigenvalue weighted by atomic mass is 10.1. The summed E-state index contributed by atoms with van der Waals surface area (Å²) in [6, 6.07) is 14.8. The number of nitrogens with zero attached hydrogens (tertiary/aromatic N) is 1. The molecule has 0 atom stereocenters. The molecule has 0 saturated carbocycles. The van der Waals surface area contributed by atoms with Gasteiger partial charge in [0, 0.05) is 22.8 Å². The molecule has 2 amide bonds. The lowest BCUT2D eigenvalue weighted by Gasteiger charge is -2.11. The van der Waals surface area contributed by atoms with Crippen LogP contribution in [0.4, 0.5) is 11.4 Å². The SMILES string of the molecule is CN(C)CC(=O)Nc1ccc(NC(=O)CCCc2ccc(Cl)cc2)cc1. The number of hydrogen-bond acceptors (Lipinski definition) is 3. The Kier molecular flexibility index (Phi) is 7.63. The van der Waals surface area contributed by atoms with Crippen molar-refractivity contribution in [2.45, 2.75) is 19.3 Å². The number of rotatable bonds is 8. The molecular formula is C20H24ClN3O2. The fourth-order valence-corrected chi connectivity index (χ4v) is 2.58. The summed E-state index contributed by atoms with van der Waals surface area (Å²) in [5, 5.41) is 6.39. The van der Waals surface area contributed by atoms with Crippen LogP contribution < -0.4 is 10.6 Å². The van der Waals surface area contributed by atoms with Crippen LogP contribution >= 0.6 is 11.6 Å². The molecule has 0 aliphatic heterocycles. The zero-order valence-corrected chi connectivity index (χ0v) is 15.8. The fourth-order valence-electron chi connectivity index (χ4n) is 2.45. The lowest BCUT2D eigenvalue weighted by molar-refractivity contribution is -0.117. The van der Waals surface area contributed by atoms with E-state index >= 15 is 0 Å². The second-order valence-electron chi connectivity index (χ2n) is 6.39. The highest BCUT2D eigenvalue weighted by Crippen LogP contribution is 2.15. The number of hydrogen-bond donors (Lipinski definition) is 2. The normalized spacial score (nSPS) is 10.6. The van der Waals surface area contributed by atoms with Gasteiger partial charge in [0.05, 0.1) is 6.54 Å². The van der Waals surface area contributed by atoms with Gasteiger partial charge in [0.15, 0.2) is 0 Å². The van der Waals surface area contributed by atoms with Gasteiger partial charge in [0.2, 0.25) is 11.8 Å². The number of carbonyl (C=O) groups excluding carboxylic acids is 2. The van der Waals surface area contributed by atoms with Crippen molar-refractivity contribution in [3.05, 3.63) is 59.1 Å². The first kappa shape index (κ1) is 19.9. The van der Waals surface area contributed by atoms with Crippen molar-refractivity contribution in [2.24, 2.45) is 0 Å². The highest BCUT2D eigenvalue weighted by atomic mass is 35.5. The average Bonchev–Trinajstić information content (AvgIpc) is 2.58. The van der Waals surface area contributed by atoms with Crippen molar-refractivity contribution in [1.82, 2.24) is 4.90 Å². The lowest BCUT2D eigenvalue weighted by Crippen LogP contribution is -2.27. The summed E-state index contributed by atoms with van der Waals surface area (Å²) in [5.41, 5.74) is 2.59. The summed E-state index contributed by atoms with van der Waals surface area (Å²) >= 11 is 5.86. The van der Waals surface area contributed by atoms with Crippen LogP contribution in [-0.2, 0) is 16.0 Å². The van der Waals surface area contributed by atoms with Gasteiger partial charge >= 0.3 is 0 Å². The van der Waals surface area contributed by atoms with E-state index in [-0.39, 0.29) is 11.8 Å². The third-order valence-corrected chi connectivity index (χ3v) is 3.95. The van der Waals surface area contributed by atoms with Crippen LogP contribution in [0.1, 0.15) is 18.4 Å². The van der Waals surface area contributed by atoms with E-state index in [1.807, 2.05) is 38.4 Å². The van der Waals surface area contributed by atoms with Gasteiger partial charge in [-0.25, -0.2) is 0 Å². The topological polar surface area (TPSA) is 61.4 Å². The standard InChI is InChI=1S/C20H24ClN3O2/c1-24(2)14-20(26)23-18-12-10-17(11-13-18)22-19(25)5-3-4-15-6-8-16(21)9-7-15/h6-13H,3-5,14H2,1-2H3,(H,22,25)(H,23,26). The summed E-state index contributed by atoms with van der Waals surface area (Å²) in [6.45, 7) is 0.326. The van der Waals surface area contributed by atoms with Gasteiger partial charge in [-0.05, 0) is 68.9 Å². The van der Waals surface area contributed by atoms with E-state index in [0.717, 1.165) is 12.8 Å². The van der Waals surface area contributed by atoms with Gasteiger partial charge in [-0.15, -0.1) is 0 Å². The van der Waals surface area contributed by atoms with E-state index in [9.17, 15) is 9.59 Å². The molecule has 0 aromatic heterocycles. The van der Waals surface area contributed by atoms with Crippen molar-refractivity contribution in [1.29, 1.82) is 0 Å². The van der Waals surface area contributed by atoms with Crippen molar-refractivity contribution in [2.75, 3.05) is 31.3 Å². The molecule has 6 heteroatoms. The van der Waals surface area contributed by atoms with Crippen molar-refractivity contribution in [3.63, 3.8) is 0 Å². The van der Waals surface area contributed by atoms with Crippen LogP contribution in [0.15, 0.2) is 48.5 Å². The largest absolute Gasteiger partial charge is 0.326 e. The quantitative estimate of drug-likeness (QED) is 0.739. The minimum Gasteiger partial charge on any atom is -0.326 e. The number of amides is 2. The third kappa shape index (κ3) is 7.25. The number of nitrogens with one attached hydrogen (secondary N) is 2. The Hall–Kier alpha value is -2.37. The monoisotopic (exact) mass is 373 g/mol. The van der Waals surface area contributed by atoms with Crippen LogP contribution in [0.5, 0.6) is 0 Å². The molecule has 0 bridgehead atoms. The molecule has 2 aromatic rings. The Morgan fingerprint density at radius 2 is 1.42 bits per heavy atom. The molecule has 26 heavy (non-hydrogen) atoms. The smallest absolute Gasteiger partial charge is 0.238 e. The second kappa shape index (κ2) is 9.94. The van der Waals surface area contributed by atoms with Crippen molar-refractivity contribution in [3.8, 4) is 0 Å². The zero-order chi connectivity index (χ0) is 18.9. The molecule has 5 nitrogen and oxygen atoms in total. The van der Waals surface area contributed by atoms with E-state index in [1.54, 1.807) is 29.2 Å². The Morgan fingerprint density at radius 1 is 0.885 bits per heavy atom. The summed E-state index contributed by atoms with van der Waals surface area (Å²) in [7, 11) is 3.68. The molecule has 0 aliphatic carbocycles. The molecule has 2 aromatic carbocycles. The molecule has 2 N–H and O–H groups in total. The minimum absolute atomic E-state index is 0.0247. The number of halogens is 1. The maximum Gasteiger partial charge on any atom is 0.238 e.